The van der Waals surface area contributed by atoms with Gasteiger partial charge in [0.15, 0.2) is 5.82 Å². The number of nitrogens with one attached hydrogen (secondary N) is 2. The zero-order valence-corrected chi connectivity index (χ0v) is 16.5. The molecule has 28 heavy (non-hydrogen) atoms. The van der Waals surface area contributed by atoms with Gasteiger partial charge >= 0.3 is 0 Å². The monoisotopic (exact) mass is 380 g/mol. The van der Waals surface area contributed by atoms with Crippen molar-refractivity contribution in [3.05, 3.63) is 52.6 Å². The van der Waals surface area contributed by atoms with Gasteiger partial charge in [0.05, 0.1) is 11.7 Å². The van der Waals surface area contributed by atoms with Crippen molar-refractivity contribution in [1.29, 1.82) is 0 Å². The van der Waals surface area contributed by atoms with Crippen LogP contribution in [0.3, 0.4) is 0 Å². The second-order valence-electron chi connectivity index (χ2n) is 7.19. The standard InChI is InChI=1S/C20H24N6O2/c1-11-17(12(2)26(4)25-11)18-16(8-9-28-18)22-20(27)15-7-5-6-14(10-15)19-21-13(3)23-24-19/h5-7,10,16,18H,8-9H2,1-4H3,(H,22,27)(H,21,23,24)/t16-,18-/m0/s1. The van der Waals surface area contributed by atoms with Crippen LogP contribution in [0.25, 0.3) is 11.4 Å². The van der Waals surface area contributed by atoms with E-state index >= 15 is 0 Å². The van der Waals surface area contributed by atoms with Crippen molar-refractivity contribution >= 4 is 5.91 Å². The molecule has 1 fully saturated rings. The highest BCUT2D eigenvalue weighted by Gasteiger charge is 2.34. The number of ether oxygens (including phenoxy) is 1. The Labute approximate surface area is 163 Å². The van der Waals surface area contributed by atoms with Crippen molar-refractivity contribution in [1.82, 2.24) is 30.3 Å². The third kappa shape index (κ3) is 3.31. The van der Waals surface area contributed by atoms with Crippen LogP contribution in [-0.4, -0.2) is 43.5 Å². The highest BCUT2D eigenvalue weighted by atomic mass is 16.5. The summed E-state index contributed by atoms with van der Waals surface area (Å²) in [6.45, 7) is 6.46. The largest absolute Gasteiger partial charge is 0.371 e. The lowest BCUT2D eigenvalue weighted by molar-refractivity contribution is 0.0817. The number of rotatable bonds is 4. The second kappa shape index (κ2) is 7.20. The second-order valence-corrected chi connectivity index (χ2v) is 7.19. The molecule has 8 heteroatoms. The van der Waals surface area contributed by atoms with Crippen molar-refractivity contribution in [2.75, 3.05) is 6.61 Å². The summed E-state index contributed by atoms with van der Waals surface area (Å²) in [5.41, 5.74) is 4.44. The van der Waals surface area contributed by atoms with E-state index in [1.165, 1.54) is 0 Å². The lowest BCUT2D eigenvalue weighted by atomic mass is 9.99. The molecule has 3 aromatic rings. The molecule has 2 aromatic heterocycles. The van der Waals surface area contributed by atoms with Gasteiger partial charge < -0.3 is 10.1 Å². The number of benzene rings is 1. The van der Waals surface area contributed by atoms with Gasteiger partial charge in [0, 0.05) is 36.0 Å². The first-order valence-corrected chi connectivity index (χ1v) is 9.36. The van der Waals surface area contributed by atoms with Crippen molar-refractivity contribution in [3.63, 3.8) is 0 Å². The minimum atomic E-state index is -0.184. The number of carbonyl (C=O) groups excluding carboxylic acids is 1. The van der Waals surface area contributed by atoms with E-state index in [0.29, 0.717) is 18.0 Å². The summed E-state index contributed by atoms with van der Waals surface area (Å²) in [6.07, 6.45) is 0.584. The molecule has 0 unspecified atom stereocenters. The normalized spacial score (nSPS) is 19.1. The van der Waals surface area contributed by atoms with Crippen LogP contribution >= 0.6 is 0 Å². The molecule has 0 bridgehead atoms. The van der Waals surface area contributed by atoms with E-state index < -0.39 is 0 Å². The number of hydrogen-bond donors (Lipinski definition) is 2. The van der Waals surface area contributed by atoms with Crippen molar-refractivity contribution in [2.24, 2.45) is 7.05 Å². The van der Waals surface area contributed by atoms with Crippen molar-refractivity contribution in [2.45, 2.75) is 39.3 Å². The molecule has 1 aromatic carbocycles. The maximum atomic E-state index is 12.9. The van der Waals surface area contributed by atoms with Crippen LogP contribution in [0.5, 0.6) is 0 Å². The van der Waals surface area contributed by atoms with E-state index in [2.05, 4.69) is 25.6 Å². The number of aromatic amines is 1. The Morgan fingerprint density at radius 2 is 2.14 bits per heavy atom. The number of H-pyrrole nitrogens is 1. The molecule has 1 aliphatic heterocycles. The zero-order valence-electron chi connectivity index (χ0n) is 16.5. The summed E-state index contributed by atoms with van der Waals surface area (Å²) in [5, 5.41) is 14.6. The fourth-order valence-electron chi connectivity index (χ4n) is 3.75. The van der Waals surface area contributed by atoms with Crippen molar-refractivity contribution in [3.8, 4) is 11.4 Å². The molecule has 0 spiro atoms. The fourth-order valence-corrected chi connectivity index (χ4v) is 3.75. The van der Waals surface area contributed by atoms with Crippen LogP contribution < -0.4 is 5.32 Å². The molecule has 1 amide bonds. The maximum absolute atomic E-state index is 12.9. The number of hydrogen-bond acceptors (Lipinski definition) is 5. The van der Waals surface area contributed by atoms with E-state index in [0.717, 1.165) is 34.8 Å². The van der Waals surface area contributed by atoms with Crippen LogP contribution in [0.2, 0.25) is 0 Å². The number of aryl methyl sites for hydroxylation is 3. The van der Waals surface area contributed by atoms with Crippen LogP contribution in [0.15, 0.2) is 24.3 Å². The topological polar surface area (TPSA) is 97.7 Å². The highest BCUT2D eigenvalue weighted by Crippen LogP contribution is 2.33. The lowest BCUT2D eigenvalue weighted by Crippen LogP contribution is -2.37. The molecular formula is C20H24N6O2. The molecule has 146 valence electrons. The van der Waals surface area contributed by atoms with E-state index in [4.69, 9.17) is 4.74 Å². The number of carbonyl (C=O) groups is 1. The smallest absolute Gasteiger partial charge is 0.251 e. The van der Waals surface area contributed by atoms with Gasteiger partial charge in [-0.3, -0.25) is 14.6 Å². The molecule has 2 atom stereocenters. The maximum Gasteiger partial charge on any atom is 0.251 e. The van der Waals surface area contributed by atoms with Gasteiger partial charge in [0.2, 0.25) is 0 Å². The molecule has 8 nitrogen and oxygen atoms in total. The summed E-state index contributed by atoms with van der Waals surface area (Å²) in [7, 11) is 1.92. The Morgan fingerprint density at radius 1 is 1.32 bits per heavy atom. The third-order valence-electron chi connectivity index (χ3n) is 5.24. The molecule has 3 heterocycles. The Kier molecular flexibility index (Phi) is 4.72. The third-order valence-corrected chi connectivity index (χ3v) is 5.24. The zero-order chi connectivity index (χ0) is 19.8. The van der Waals surface area contributed by atoms with E-state index in [-0.39, 0.29) is 18.1 Å². The SMILES string of the molecule is Cc1nc(-c2cccc(C(=O)N[C@H]3CCO[C@@H]3c3c(C)nn(C)c3C)c2)n[nH]1. The molecule has 1 saturated heterocycles. The molecule has 0 saturated carbocycles. The first-order chi connectivity index (χ1) is 13.4. The minimum absolute atomic E-state index is 0.0940. The quantitative estimate of drug-likeness (QED) is 0.724. The summed E-state index contributed by atoms with van der Waals surface area (Å²) in [5.74, 6) is 1.18. The van der Waals surface area contributed by atoms with Crippen molar-refractivity contribution < 1.29 is 9.53 Å². The minimum Gasteiger partial charge on any atom is -0.371 e. The van der Waals surface area contributed by atoms with Gasteiger partial charge in [-0.1, -0.05) is 12.1 Å². The van der Waals surface area contributed by atoms with Crippen LogP contribution in [0.1, 0.15) is 45.7 Å². The Bertz CT molecular complexity index is 1020. The Balaban J connectivity index is 1.55. The molecule has 0 aliphatic carbocycles. The first kappa shape index (κ1) is 18.4. The summed E-state index contributed by atoms with van der Waals surface area (Å²) in [6, 6.07) is 7.24. The summed E-state index contributed by atoms with van der Waals surface area (Å²) in [4.78, 5) is 17.2. The summed E-state index contributed by atoms with van der Waals surface area (Å²) < 4.78 is 7.82. The van der Waals surface area contributed by atoms with E-state index in [9.17, 15) is 4.79 Å². The Hall–Kier alpha value is -3.00. The average molecular weight is 380 g/mol. The van der Waals surface area contributed by atoms with Crippen LogP contribution in [0.4, 0.5) is 0 Å². The predicted molar refractivity (Wildman–Crippen MR) is 104 cm³/mol. The average Bonchev–Trinajstić information content (AvgIpc) is 3.36. The molecule has 0 radical (unpaired) electrons. The molecule has 4 rings (SSSR count). The highest BCUT2D eigenvalue weighted by molar-refractivity contribution is 5.95. The van der Waals surface area contributed by atoms with Gasteiger partial charge in [-0.15, -0.1) is 0 Å². The predicted octanol–water partition coefficient (Wildman–Crippen LogP) is 2.39. The van der Waals surface area contributed by atoms with E-state index in [1.54, 1.807) is 6.07 Å². The molecule has 1 aliphatic rings. The first-order valence-electron chi connectivity index (χ1n) is 9.36. The van der Waals surface area contributed by atoms with Gasteiger partial charge in [0.25, 0.3) is 5.91 Å². The van der Waals surface area contributed by atoms with Gasteiger partial charge in [-0.2, -0.15) is 10.2 Å². The van der Waals surface area contributed by atoms with Crippen LogP contribution in [0, 0.1) is 20.8 Å². The van der Waals surface area contributed by atoms with Gasteiger partial charge in [-0.05, 0) is 39.3 Å². The summed E-state index contributed by atoms with van der Waals surface area (Å²) >= 11 is 0. The lowest BCUT2D eigenvalue weighted by Gasteiger charge is -2.20. The number of aromatic nitrogens is 5. The molecular weight excluding hydrogens is 356 g/mol. The van der Waals surface area contributed by atoms with Gasteiger partial charge in [-0.25, -0.2) is 4.98 Å². The number of amides is 1. The fraction of sp³-hybridized carbons (Fsp3) is 0.400. The van der Waals surface area contributed by atoms with Gasteiger partial charge in [0.1, 0.15) is 11.9 Å². The number of nitrogens with zero attached hydrogens (tertiary/aromatic N) is 4. The van der Waals surface area contributed by atoms with E-state index in [1.807, 2.05) is 50.7 Å². The van der Waals surface area contributed by atoms with Crippen LogP contribution in [-0.2, 0) is 11.8 Å². The Morgan fingerprint density at radius 3 is 2.82 bits per heavy atom. The molecule has 2 N–H and O–H groups in total.